The van der Waals surface area contributed by atoms with E-state index in [1.54, 1.807) is 11.0 Å². The van der Waals surface area contributed by atoms with Crippen molar-refractivity contribution in [3.05, 3.63) is 47.3 Å². The monoisotopic (exact) mass is 325 g/mol. The van der Waals surface area contributed by atoms with Crippen LogP contribution in [0, 0.1) is 5.82 Å². The normalized spacial score (nSPS) is 14.6. The van der Waals surface area contributed by atoms with Gasteiger partial charge in [-0.15, -0.1) is 6.58 Å². The smallest absolute Gasteiger partial charge is 0.317 e. The number of amides is 3. The van der Waals surface area contributed by atoms with E-state index in [1.165, 1.54) is 23.1 Å². The van der Waals surface area contributed by atoms with E-state index in [4.69, 9.17) is 11.6 Å². The Hall–Kier alpha value is -2.08. The van der Waals surface area contributed by atoms with E-state index in [2.05, 4.69) is 11.9 Å². The number of hydrogen-bond acceptors (Lipinski definition) is 2. The van der Waals surface area contributed by atoms with E-state index in [1.807, 2.05) is 0 Å². The van der Waals surface area contributed by atoms with E-state index < -0.39 is 11.7 Å². The predicted molar refractivity (Wildman–Crippen MR) is 82.5 cm³/mol. The Bertz CT molecular complexity index is 566. The van der Waals surface area contributed by atoms with E-state index in [0.717, 1.165) is 0 Å². The van der Waals surface area contributed by atoms with Gasteiger partial charge in [0.25, 0.3) is 5.91 Å². The highest BCUT2D eigenvalue weighted by molar-refractivity contribution is 6.33. The molecule has 1 heterocycles. The second-order valence-electron chi connectivity index (χ2n) is 4.85. The molecule has 1 N–H and O–H groups in total. The van der Waals surface area contributed by atoms with Crippen LogP contribution in [-0.4, -0.2) is 54.5 Å². The number of urea groups is 1. The van der Waals surface area contributed by atoms with Crippen molar-refractivity contribution < 1.29 is 14.0 Å². The van der Waals surface area contributed by atoms with Crippen LogP contribution in [0.5, 0.6) is 0 Å². The number of piperazine rings is 1. The van der Waals surface area contributed by atoms with Crippen LogP contribution in [0.3, 0.4) is 0 Å². The highest BCUT2D eigenvalue weighted by Crippen LogP contribution is 2.21. The maximum absolute atomic E-state index is 13.8. The van der Waals surface area contributed by atoms with Gasteiger partial charge in [0.2, 0.25) is 0 Å². The fraction of sp³-hybridized carbons (Fsp3) is 0.333. The van der Waals surface area contributed by atoms with Gasteiger partial charge >= 0.3 is 6.03 Å². The zero-order valence-electron chi connectivity index (χ0n) is 12.0. The molecule has 0 unspecified atom stereocenters. The highest BCUT2D eigenvalue weighted by atomic mass is 35.5. The maximum Gasteiger partial charge on any atom is 0.317 e. The lowest BCUT2D eigenvalue weighted by Gasteiger charge is -2.34. The number of carbonyl (C=O) groups excluding carboxylic acids is 2. The highest BCUT2D eigenvalue weighted by Gasteiger charge is 2.27. The lowest BCUT2D eigenvalue weighted by atomic mass is 10.1. The summed E-state index contributed by atoms with van der Waals surface area (Å²) in [6, 6.07) is 3.95. The summed E-state index contributed by atoms with van der Waals surface area (Å²) in [5.41, 5.74) is -0.117. The largest absolute Gasteiger partial charge is 0.335 e. The van der Waals surface area contributed by atoms with E-state index in [0.29, 0.717) is 32.7 Å². The number of nitrogens with one attached hydrogen (secondary N) is 1. The van der Waals surface area contributed by atoms with Gasteiger partial charge in [0.05, 0.1) is 10.6 Å². The summed E-state index contributed by atoms with van der Waals surface area (Å²) in [5, 5.41) is 2.77. The topological polar surface area (TPSA) is 52.7 Å². The number of hydrogen-bond donors (Lipinski definition) is 1. The summed E-state index contributed by atoms with van der Waals surface area (Å²) >= 11 is 5.91. The summed E-state index contributed by atoms with van der Waals surface area (Å²) < 4.78 is 13.8. The molecule has 1 saturated heterocycles. The predicted octanol–water partition coefficient (Wildman–Crippen LogP) is 2.13. The molecule has 1 aromatic rings. The first kappa shape index (κ1) is 16.3. The molecule has 5 nitrogen and oxygen atoms in total. The third-order valence-electron chi connectivity index (χ3n) is 3.43. The molecule has 7 heteroatoms. The van der Waals surface area contributed by atoms with Crippen molar-refractivity contribution in [3.8, 4) is 0 Å². The van der Waals surface area contributed by atoms with Gasteiger partial charge in [-0.05, 0) is 12.1 Å². The van der Waals surface area contributed by atoms with Crippen molar-refractivity contribution in [3.63, 3.8) is 0 Å². The molecule has 3 amide bonds. The number of halogens is 2. The van der Waals surface area contributed by atoms with Crippen LogP contribution in [0.25, 0.3) is 0 Å². The van der Waals surface area contributed by atoms with Crippen LogP contribution in [0.4, 0.5) is 9.18 Å². The fourth-order valence-corrected chi connectivity index (χ4v) is 2.49. The SMILES string of the molecule is C=CCNC(=O)N1CCN(C(=O)c2c(F)cccc2Cl)CC1. The van der Waals surface area contributed by atoms with Gasteiger partial charge in [-0.1, -0.05) is 23.7 Å². The van der Waals surface area contributed by atoms with Crippen molar-refractivity contribution in [1.29, 1.82) is 0 Å². The minimum absolute atomic E-state index is 0.0937. The van der Waals surface area contributed by atoms with Crippen LogP contribution in [0.1, 0.15) is 10.4 Å². The van der Waals surface area contributed by atoms with Gasteiger partial charge < -0.3 is 15.1 Å². The minimum Gasteiger partial charge on any atom is -0.335 e. The molecule has 0 saturated carbocycles. The molecule has 0 aromatic heterocycles. The third-order valence-corrected chi connectivity index (χ3v) is 3.74. The van der Waals surface area contributed by atoms with Crippen molar-refractivity contribution in [1.82, 2.24) is 15.1 Å². The Morgan fingerprint density at radius 3 is 2.50 bits per heavy atom. The zero-order chi connectivity index (χ0) is 16.1. The van der Waals surface area contributed by atoms with Gasteiger partial charge in [0.1, 0.15) is 5.82 Å². The molecule has 2 rings (SSSR count). The Balaban J connectivity index is 1.98. The van der Waals surface area contributed by atoms with Crippen LogP contribution in [0.15, 0.2) is 30.9 Å². The van der Waals surface area contributed by atoms with Crippen LogP contribution in [0.2, 0.25) is 5.02 Å². The molecule has 0 aliphatic carbocycles. The minimum atomic E-state index is -0.636. The Labute approximate surface area is 133 Å². The standard InChI is InChI=1S/C15H17ClFN3O2/c1-2-6-18-15(22)20-9-7-19(8-10-20)14(21)13-11(16)4-3-5-12(13)17/h2-5H,1,6-10H2,(H,18,22). The first-order valence-corrected chi connectivity index (χ1v) is 7.29. The number of benzene rings is 1. The van der Waals surface area contributed by atoms with Crippen molar-refractivity contribution in [2.75, 3.05) is 32.7 Å². The average molecular weight is 326 g/mol. The second kappa shape index (κ2) is 7.26. The van der Waals surface area contributed by atoms with E-state index in [-0.39, 0.29) is 16.6 Å². The molecule has 0 atom stereocenters. The zero-order valence-corrected chi connectivity index (χ0v) is 12.8. The van der Waals surface area contributed by atoms with Gasteiger partial charge in [-0.3, -0.25) is 4.79 Å². The average Bonchev–Trinajstić information content (AvgIpc) is 2.52. The lowest BCUT2D eigenvalue weighted by molar-refractivity contribution is 0.0661. The molecule has 1 fully saturated rings. The molecule has 1 aromatic carbocycles. The molecule has 1 aliphatic heterocycles. The molecular formula is C15H17ClFN3O2. The van der Waals surface area contributed by atoms with Gasteiger partial charge in [0.15, 0.2) is 0 Å². The number of nitrogens with zero attached hydrogens (tertiary/aromatic N) is 2. The molecule has 0 bridgehead atoms. The molecule has 0 radical (unpaired) electrons. The summed E-state index contributed by atoms with van der Waals surface area (Å²) in [4.78, 5) is 27.3. The summed E-state index contributed by atoms with van der Waals surface area (Å²) in [7, 11) is 0. The first-order chi connectivity index (χ1) is 10.5. The van der Waals surface area contributed by atoms with Gasteiger partial charge in [-0.2, -0.15) is 0 Å². The third kappa shape index (κ3) is 3.57. The van der Waals surface area contributed by atoms with Crippen molar-refractivity contribution in [2.24, 2.45) is 0 Å². The second-order valence-corrected chi connectivity index (χ2v) is 5.26. The Morgan fingerprint density at radius 1 is 1.27 bits per heavy atom. The Morgan fingerprint density at radius 2 is 1.91 bits per heavy atom. The Kier molecular flexibility index (Phi) is 5.38. The van der Waals surface area contributed by atoms with Crippen LogP contribution < -0.4 is 5.32 Å². The quantitative estimate of drug-likeness (QED) is 0.866. The van der Waals surface area contributed by atoms with Gasteiger partial charge in [-0.25, -0.2) is 9.18 Å². The number of carbonyl (C=O) groups is 2. The van der Waals surface area contributed by atoms with Crippen molar-refractivity contribution in [2.45, 2.75) is 0 Å². The number of rotatable bonds is 3. The van der Waals surface area contributed by atoms with E-state index >= 15 is 0 Å². The molecule has 118 valence electrons. The lowest BCUT2D eigenvalue weighted by Crippen LogP contribution is -2.53. The van der Waals surface area contributed by atoms with Gasteiger partial charge in [0, 0.05) is 32.7 Å². The molecule has 1 aliphatic rings. The van der Waals surface area contributed by atoms with Crippen molar-refractivity contribution >= 4 is 23.5 Å². The maximum atomic E-state index is 13.8. The molecule has 0 spiro atoms. The van der Waals surface area contributed by atoms with Crippen LogP contribution >= 0.6 is 11.6 Å². The first-order valence-electron chi connectivity index (χ1n) is 6.91. The summed E-state index contributed by atoms with van der Waals surface area (Å²) in [6.45, 7) is 5.38. The fourth-order valence-electron chi connectivity index (χ4n) is 2.24. The summed E-state index contributed by atoms with van der Waals surface area (Å²) in [5.74, 6) is -1.09. The molecule has 22 heavy (non-hydrogen) atoms. The van der Waals surface area contributed by atoms with E-state index in [9.17, 15) is 14.0 Å². The van der Waals surface area contributed by atoms with Crippen LogP contribution in [-0.2, 0) is 0 Å². The molecular weight excluding hydrogens is 309 g/mol. The summed E-state index contributed by atoms with van der Waals surface area (Å²) in [6.07, 6.45) is 1.60.